The molecule has 1 aliphatic heterocycles. The Labute approximate surface area is 188 Å². The first-order valence-electron chi connectivity index (χ1n) is 10.6. The lowest BCUT2D eigenvalue weighted by Gasteiger charge is -2.10. The van der Waals surface area contributed by atoms with Gasteiger partial charge in [0.15, 0.2) is 5.82 Å². The highest BCUT2D eigenvalue weighted by atomic mass is 19.3. The topological polar surface area (TPSA) is 87.2 Å². The van der Waals surface area contributed by atoms with Gasteiger partial charge in [0, 0.05) is 36.8 Å². The summed E-state index contributed by atoms with van der Waals surface area (Å²) in [7, 11) is 0. The number of aromatic hydroxyl groups is 1. The van der Waals surface area contributed by atoms with Gasteiger partial charge in [-0.15, -0.1) is 0 Å². The highest BCUT2D eigenvalue weighted by Gasteiger charge is 2.21. The summed E-state index contributed by atoms with van der Waals surface area (Å²) in [6, 6.07) is 5.50. The number of aryl methyl sites for hydroxylation is 2. The second kappa shape index (κ2) is 8.43. The third-order valence-electron chi connectivity index (χ3n) is 5.77. The average Bonchev–Trinajstić information content (AvgIpc) is 3.53. The van der Waals surface area contributed by atoms with E-state index in [0.29, 0.717) is 46.9 Å². The van der Waals surface area contributed by atoms with Gasteiger partial charge in [0.25, 0.3) is 6.43 Å². The molecule has 0 amide bonds. The zero-order valence-electron chi connectivity index (χ0n) is 18.2. The number of hydrogen-bond acceptors (Lipinski definition) is 6. The van der Waals surface area contributed by atoms with Crippen molar-refractivity contribution in [2.24, 2.45) is 0 Å². The lowest BCUT2D eigenvalue weighted by molar-refractivity contribution is 0.0814. The second-order valence-corrected chi connectivity index (χ2v) is 8.09. The molecule has 172 valence electrons. The molecule has 0 spiro atoms. The minimum atomic E-state index is -2.57. The van der Waals surface area contributed by atoms with Crippen molar-refractivity contribution in [1.29, 1.82) is 0 Å². The smallest absolute Gasteiger partial charge is 0.272 e. The Balaban J connectivity index is 1.52. The Morgan fingerprint density at radius 2 is 2.15 bits per heavy atom. The van der Waals surface area contributed by atoms with Crippen LogP contribution >= 0.6 is 0 Å². The Kier molecular flexibility index (Phi) is 5.45. The van der Waals surface area contributed by atoms with Crippen molar-refractivity contribution >= 4 is 10.9 Å². The highest BCUT2D eigenvalue weighted by Crippen LogP contribution is 2.34. The van der Waals surface area contributed by atoms with Crippen molar-refractivity contribution in [3.63, 3.8) is 0 Å². The molecule has 5 rings (SSSR count). The fraction of sp³-hybridized carbons (Fsp3) is 0.348. The maximum Gasteiger partial charge on any atom is 0.272 e. The SMILES string of the molecule is Cc1ncc(-c2cc(C)c3c(O)n(-c4ccn([C@H]5CCOC5)n4)cc3n2)cc1OCC(F)F. The van der Waals surface area contributed by atoms with Gasteiger partial charge in [0.1, 0.15) is 12.4 Å². The number of rotatable bonds is 6. The van der Waals surface area contributed by atoms with Crippen LogP contribution in [0.25, 0.3) is 28.0 Å². The van der Waals surface area contributed by atoms with Gasteiger partial charge in [0.2, 0.25) is 5.88 Å². The van der Waals surface area contributed by atoms with E-state index in [1.807, 2.05) is 29.9 Å². The van der Waals surface area contributed by atoms with Crippen molar-refractivity contribution in [1.82, 2.24) is 24.3 Å². The van der Waals surface area contributed by atoms with Gasteiger partial charge in [-0.3, -0.25) is 14.2 Å². The van der Waals surface area contributed by atoms with E-state index < -0.39 is 13.0 Å². The van der Waals surface area contributed by atoms with E-state index in [-0.39, 0.29) is 17.7 Å². The molecule has 4 aromatic heterocycles. The van der Waals surface area contributed by atoms with E-state index in [2.05, 4.69) is 15.1 Å². The van der Waals surface area contributed by atoms with E-state index >= 15 is 0 Å². The van der Waals surface area contributed by atoms with Crippen molar-refractivity contribution in [3.8, 4) is 28.7 Å². The largest absolute Gasteiger partial charge is 0.494 e. The maximum absolute atomic E-state index is 12.6. The van der Waals surface area contributed by atoms with Crippen LogP contribution in [0.2, 0.25) is 0 Å². The molecular weight excluding hydrogens is 432 g/mol. The first-order valence-corrected chi connectivity index (χ1v) is 10.6. The predicted molar refractivity (Wildman–Crippen MR) is 117 cm³/mol. The number of nitrogens with zero attached hydrogens (tertiary/aromatic N) is 5. The van der Waals surface area contributed by atoms with Crippen LogP contribution in [-0.4, -0.2) is 55.7 Å². The van der Waals surface area contributed by atoms with Gasteiger partial charge in [-0.1, -0.05) is 0 Å². The Hall–Kier alpha value is -3.53. The molecule has 0 bridgehead atoms. The minimum absolute atomic E-state index is 0.0532. The van der Waals surface area contributed by atoms with Crippen molar-refractivity contribution < 1.29 is 23.4 Å². The molecule has 8 nitrogen and oxygen atoms in total. The fourth-order valence-corrected chi connectivity index (χ4v) is 4.05. The van der Waals surface area contributed by atoms with Gasteiger partial charge in [-0.25, -0.2) is 13.8 Å². The first-order chi connectivity index (χ1) is 15.9. The van der Waals surface area contributed by atoms with Crippen LogP contribution in [0.3, 0.4) is 0 Å². The summed E-state index contributed by atoms with van der Waals surface area (Å²) in [4.78, 5) is 8.95. The monoisotopic (exact) mass is 455 g/mol. The number of aromatic nitrogens is 5. The molecule has 0 aromatic carbocycles. The van der Waals surface area contributed by atoms with E-state index in [1.54, 1.807) is 30.0 Å². The Morgan fingerprint density at radius 1 is 1.30 bits per heavy atom. The number of fused-ring (bicyclic) bond motifs is 1. The molecule has 5 heterocycles. The fourth-order valence-electron chi connectivity index (χ4n) is 4.05. The number of pyridine rings is 2. The molecule has 4 aromatic rings. The van der Waals surface area contributed by atoms with Gasteiger partial charge in [0.05, 0.1) is 34.9 Å². The van der Waals surface area contributed by atoms with E-state index in [9.17, 15) is 13.9 Å². The standard InChI is InChI=1S/C23H23F2N5O3/c1-13-7-17(15-8-19(14(2)26-9-15)33-12-20(24)25)27-18-10-29(23(31)22(13)18)21-3-5-30(28-21)16-4-6-32-11-16/h3,5,7-10,16,20,31H,4,6,11-12H2,1-2H3/t16-/m0/s1. The van der Waals surface area contributed by atoms with Crippen molar-refractivity contribution in [2.75, 3.05) is 19.8 Å². The van der Waals surface area contributed by atoms with Crippen LogP contribution in [0.4, 0.5) is 8.78 Å². The van der Waals surface area contributed by atoms with Gasteiger partial charge < -0.3 is 14.6 Å². The van der Waals surface area contributed by atoms with Crippen molar-refractivity contribution in [3.05, 3.63) is 48.0 Å². The molecule has 33 heavy (non-hydrogen) atoms. The lowest BCUT2D eigenvalue weighted by atomic mass is 10.1. The maximum atomic E-state index is 12.6. The number of halogens is 2. The van der Waals surface area contributed by atoms with Crippen LogP contribution in [0, 0.1) is 13.8 Å². The molecule has 1 atom stereocenters. The normalized spacial score (nSPS) is 16.2. The third kappa shape index (κ3) is 4.02. The molecule has 0 radical (unpaired) electrons. The zero-order valence-corrected chi connectivity index (χ0v) is 18.2. The average molecular weight is 455 g/mol. The molecule has 10 heteroatoms. The quantitative estimate of drug-likeness (QED) is 0.469. The minimum Gasteiger partial charge on any atom is -0.494 e. The third-order valence-corrected chi connectivity index (χ3v) is 5.77. The number of hydrogen-bond donors (Lipinski definition) is 1. The van der Waals surface area contributed by atoms with Crippen LogP contribution in [-0.2, 0) is 4.74 Å². The van der Waals surface area contributed by atoms with Gasteiger partial charge in [-0.2, -0.15) is 5.10 Å². The van der Waals surface area contributed by atoms with E-state index in [1.165, 1.54) is 0 Å². The predicted octanol–water partition coefficient (Wildman–Crippen LogP) is 4.21. The summed E-state index contributed by atoms with van der Waals surface area (Å²) in [6.45, 7) is 4.21. The summed E-state index contributed by atoms with van der Waals surface area (Å²) in [5, 5.41) is 16.1. The van der Waals surface area contributed by atoms with E-state index in [4.69, 9.17) is 9.47 Å². The molecule has 0 saturated carbocycles. The Morgan fingerprint density at radius 3 is 2.91 bits per heavy atom. The summed E-state index contributed by atoms with van der Waals surface area (Å²) in [5.74, 6) is 0.921. The summed E-state index contributed by atoms with van der Waals surface area (Å²) >= 11 is 0. The second-order valence-electron chi connectivity index (χ2n) is 8.09. The molecule has 1 saturated heterocycles. The summed E-state index contributed by atoms with van der Waals surface area (Å²) in [6.07, 6.45) is 3.56. The zero-order chi connectivity index (χ0) is 23.1. The van der Waals surface area contributed by atoms with Gasteiger partial charge >= 0.3 is 0 Å². The van der Waals surface area contributed by atoms with Crippen LogP contribution in [0.5, 0.6) is 11.6 Å². The molecule has 0 unspecified atom stereocenters. The highest BCUT2D eigenvalue weighted by molar-refractivity contribution is 5.90. The first kappa shape index (κ1) is 21.3. The molecule has 1 N–H and O–H groups in total. The molecule has 1 aliphatic rings. The summed E-state index contributed by atoms with van der Waals surface area (Å²) < 4.78 is 39.2. The molecule has 0 aliphatic carbocycles. The van der Waals surface area contributed by atoms with Crippen molar-refractivity contribution in [2.45, 2.75) is 32.7 Å². The van der Waals surface area contributed by atoms with Gasteiger partial charge in [-0.05, 0) is 38.0 Å². The van der Waals surface area contributed by atoms with Crippen LogP contribution in [0.15, 0.2) is 36.8 Å². The van der Waals surface area contributed by atoms with Crippen LogP contribution in [0.1, 0.15) is 23.7 Å². The Bertz CT molecular complexity index is 1310. The summed E-state index contributed by atoms with van der Waals surface area (Å²) in [5.41, 5.74) is 3.14. The molecular formula is C23H23F2N5O3. The number of alkyl halides is 2. The lowest BCUT2D eigenvalue weighted by Crippen LogP contribution is -2.09. The number of ether oxygens (including phenoxy) is 2. The molecule has 1 fully saturated rings. The van der Waals surface area contributed by atoms with Crippen LogP contribution < -0.4 is 4.74 Å². The van der Waals surface area contributed by atoms with E-state index in [0.717, 1.165) is 12.0 Å².